The Kier molecular flexibility index (Phi) is 4.17. The molecule has 2 aromatic rings. The van der Waals surface area contributed by atoms with Crippen molar-refractivity contribution in [3.63, 3.8) is 0 Å². The van der Waals surface area contributed by atoms with Gasteiger partial charge in [-0.15, -0.1) is 0 Å². The highest BCUT2D eigenvalue weighted by molar-refractivity contribution is 6.46. The third kappa shape index (κ3) is 3.42. The smallest absolute Gasteiger partial charge is 0.296 e. The molecule has 1 aromatic heterocycles. The van der Waals surface area contributed by atoms with Gasteiger partial charge in [-0.3, -0.25) is 14.3 Å². The van der Waals surface area contributed by atoms with E-state index in [1.165, 1.54) is 6.20 Å². The van der Waals surface area contributed by atoms with Gasteiger partial charge in [0.1, 0.15) is 0 Å². The molecule has 1 amide bonds. The van der Waals surface area contributed by atoms with Crippen LogP contribution in [0.25, 0.3) is 0 Å². The fourth-order valence-electron chi connectivity index (χ4n) is 2.07. The Balaban J connectivity index is 2.16. The lowest BCUT2D eigenvalue weighted by Crippen LogP contribution is -2.24. The second-order valence-electron chi connectivity index (χ2n) is 6.45. The number of benzene rings is 1. The number of ketones is 1. The number of rotatable bonds is 3. The van der Waals surface area contributed by atoms with Gasteiger partial charge in [0.05, 0.1) is 17.3 Å². The number of amides is 1. The molecule has 0 aliphatic heterocycles. The van der Waals surface area contributed by atoms with Gasteiger partial charge in [-0.1, -0.05) is 17.7 Å². The summed E-state index contributed by atoms with van der Waals surface area (Å²) in [5, 5.41) is 6.80. The van der Waals surface area contributed by atoms with Crippen molar-refractivity contribution >= 4 is 17.4 Å². The van der Waals surface area contributed by atoms with Gasteiger partial charge in [0.25, 0.3) is 11.7 Å². The van der Waals surface area contributed by atoms with E-state index >= 15 is 0 Å². The molecular weight excluding hydrogens is 278 g/mol. The van der Waals surface area contributed by atoms with E-state index in [1.807, 2.05) is 46.8 Å². The van der Waals surface area contributed by atoms with Gasteiger partial charge in [0.2, 0.25) is 0 Å². The number of Topliss-reactive ketones (excluding diaryl/α,β-unsaturated/α-hetero) is 1. The van der Waals surface area contributed by atoms with Gasteiger partial charge in [-0.25, -0.2) is 0 Å². The Morgan fingerprint density at radius 2 is 1.86 bits per heavy atom. The van der Waals surface area contributed by atoms with Gasteiger partial charge < -0.3 is 5.32 Å². The average Bonchev–Trinajstić information content (AvgIpc) is 2.90. The van der Waals surface area contributed by atoms with Crippen molar-refractivity contribution < 1.29 is 9.59 Å². The van der Waals surface area contributed by atoms with E-state index in [-0.39, 0.29) is 11.1 Å². The van der Waals surface area contributed by atoms with Crippen LogP contribution in [-0.2, 0) is 10.3 Å². The van der Waals surface area contributed by atoms with Gasteiger partial charge in [-0.2, -0.15) is 5.10 Å². The summed E-state index contributed by atoms with van der Waals surface area (Å²) in [5.74, 6) is -1.24. The maximum atomic E-state index is 12.2. The van der Waals surface area contributed by atoms with Gasteiger partial charge in [0.15, 0.2) is 0 Å². The largest absolute Gasteiger partial charge is 0.319 e. The van der Waals surface area contributed by atoms with E-state index < -0.39 is 11.7 Å². The Morgan fingerprint density at radius 1 is 1.18 bits per heavy atom. The number of aromatic nitrogens is 2. The summed E-state index contributed by atoms with van der Waals surface area (Å²) in [7, 11) is 0. The number of carbonyl (C=O) groups excluding carboxylic acids is 2. The molecule has 0 aliphatic rings. The van der Waals surface area contributed by atoms with Crippen LogP contribution in [0.3, 0.4) is 0 Å². The molecule has 22 heavy (non-hydrogen) atoms. The lowest BCUT2D eigenvalue weighted by Gasteiger charge is -2.18. The second-order valence-corrected chi connectivity index (χ2v) is 6.45. The molecule has 0 saturated heterocycles. The molecule has 0 atom stereocenters. The van der Waals surface area contributed by atoms with Gasteiger partial charge >= 0.3 is 0 Å². The molecular formula is C17H21N3O2. The van der Waals surface area contributed by atoms with Crippen molar-refractivity contribution in [3.05, 3.63) is 47.3 Å². The maximum absolute atomic E-state index is 12.2. The predicted octanol–water partition coefficient (Wildman–Crippen LogP) is 3.08. The number of aryl methyl sites for hydroxylation is 2. The highest BCUT2D eigenvalue weighted by atomic mass is 16.2. The first-order valence-corrected chi connectivity index (χ1v) is 7.16. The summed E-state index contributed by atoms with van der Waals surface area (Å²) < 4.78 is 1.67. The summed E-state index contributed by atoms with van der Waals surface area (Å²) >= 11 is 0. The normalized spacial score (nSPS) is 11.3. The molecule has 0 aliphatic carbocycles. The van der Waals surface area contributed by atoms with Crippen LogP contribution in [-0.4, -0.2) is 21.5 Å². The molecule has 0 saturated carbocycles. The second kappa shape index (κ2) is 5.75. The van der Waals surface area contributed by atoms with E-state index in [0.717, 1.165) is 11.1 Å². The summed E-state index contributed by atoms with van der Waals surface area (Å²) in [5.41, 5.74) is 2.73. The fourth-order valence-corrected chi connectivity index (χ4v) is 2.07. The Bertz CT molecular complexity index is 724. The van der Waals surface area contributed by atoms with Crippen molar-refractivity contribution in [2.75, 3.05) is 5.32 Å². The van der Waals surface area contributed by atoms with Crippen LogP contribution in [0.15, 0.2) is 30.6 Å². The molecule has 1 aromatic carbocycles. The number of hydrogen-bond acceptors (Lipinski definition) is 3. The zero-order valence-corrected chi connectivity index (χ0v) is 13.6. The minimum absolute atomic E-state index is 0.234. The van der Waals surface area contributed by atoms with E-state index in [1.54, 1.807) is 16.9 Å². The monoisotopic (exact) mass is 299 g/mol. The van der Waals surface area contributed by atoms with E-state index in [9.17, 15) is 9.59 Å². The molecule has 1 N–H and O–H groups in total. The minimum atomic E-state index is -0.652. The Hall–Kier alpha value is -2.43. The maximum Gasteiger partial charge on any atom is 0.296 e. The van der Waals surface area contributed by atoms with E-state index in [2.05, 4.69) is 10.4 Å². The number of nitrogens with zero attached hydrogens (tertiary/aromatic N) is 2. The molecule has 0 bridgehead atoms. The van der Waals surface area contributed by atoms with Crippen LogP contribution < -0.4 is 5.32 Å². The zero-order valence-electron chi connectivity index (χ0n) is 13.6. The standard InChI is InChI=1S/C17H21N3O2/c1-11-6-7-14(12(2)8-11)19-16(22)15(21)13-9-18-20(10-13)17(3,4)5/h6-10H,1-5H3,(H,19,22). The average molecular weight is 299 g/mol. The van der Waals surface area contributed by atoms with Crippen molar-refractivity contribution in [2.24, 2.45) is 0 Å². The molecule has 0 radical (unpaired) electrons. The third-order valence-corrected chi connectivity index (χ3v) is 3.37. The zero-order chi connectivity index (χ0) is 16.5. The topological polar surface area (TPSA) is 64.0 Å². The van der Waals surface area contributed by atoms with Gasteiger partial charge in [-0.05, 0) is 46.2 Å². The van der Waals surface area contributed by atoms with Gasteiger partial charge in [0, 0.05) is 11.9 Å². The van der Waals surface area contributed by atoms with Crippen molar-refractivity contribution in [3.8, 4) is 0 Å². The summed E-state index contributed by atoms with van der Waals surface area (Å²) in [6.45, 7) is 9.80. The third-order valence-electron chi connectivity index (χ3n) is 3.37. The molecule has 1 heterocycles. The molecule has 116 valence electrons. The highest BCUT2D eigenvalue weighted by Gasteiger charge is 2.21. The highest BCUT2D eigenvalue weighted by Crippen LogP contribution is 2.17. The number of hydrogen-bond donors (Lipinski definition) is 1. The molecule has 0 unspecified atom stereocenters. The van der Waals surface area contributed by atoms with E-state index in [4.69, 9.17) is 0 Å². The Labute approximate surface area is 130 Å². The lowest BCUT2D eigenvalue weighted by atomic mass is 10.1. The molecule has 0 fully saturated rings. The van der Waals surface area contributed by atoms with Crippen LogP contribution in [0, 0.1) is 13.8 Å². The summed E-state index contributed by atoms with van der Waals surface area (Å²) in [4.78, 5) is 24.3. The number of carbonyl (C=O) groups is 2. The van der Waals surface area contributed by atoms with Crippen LogP contribution in [0.2, 0.25) is 0 Å². The van der Waals surface area contributed by atoms with Crippen molar-refractivity contribution in [1.29, 1.82) is 0 Å². The van der Waals surface area contributed by atoms with Crippen LogP contribution in [0.4, 0.5) is 5.69 Å². The van der Waals surface area contributed by atoms with Crippen molar-refractivity contribution in [2.45, 2.75) is 40.2 Å². The summed E-state index contributed by atoms with van der Waals surface area (Å²) in [6, 6.07) is 5.65. The predicted molar refractivity (Wildman–Crippen MR) is 86.1 cm³/mol. The van der Waals surface area contributed by atoms with Crippen LogP contribution >= 0.6 is 0 Å². The SMILES string of the molecule is Cc1ccc(NC(=O)C(=O)c2cnn(C(C)(C)C)c2)c(C)c1. The van der Waals surface area contributed by atoms with Crippen molar-refractivity contribution in [1.82, 2.24) is 9.78 Å². The molecule has 5 nitrogen and oxygen atoms in total. The molecule has 0 spiro atoms. The lowest BCUT2D eigenvalue weighted by molar-refractivity contribution is -0.112. The minimum Gasteiger partial charge on any atom is -0.319 e. The van der Waals surface area contributed by atoms with Crippen LogP contribution in [0.1, 0.15) is 42.3 Å². The Morgan fingerprint density at radius 3 is 2.41 bits per heavy atom. The summed E-state index contributed by atoms with van der Waals surface area (Å²) in [6.07, 6.45) is 3.03. The first-order valence-electron chi connectivity index (χ1n) is 7.16. The quantitative estimate of drug-likeness (QED) is 0.699. The van der Waals surface area contributed by atoms with E-state index in [0.29, 0.717) is 5.69 Å². The van der Waals surface area contributed by atoms with Crippen LogP contribution in [0.5, 0.6) is 0 Å². The first-order chi connectivity index (χ1) is 10.2. The molecule has 2 rings (SSSR count). The molecule has 5 heteroatoms. The first kappa shape index (κ1) is 15.9. The fraction of sp³-hybridized carbons (Fsp3) is 0.353. The number of anilines is 1. The number of nitrogens with one attached hydrogen (secondary N) is 1.